The summed E-state index contributed by atoms with van der Waals surface area (Å²) in [6.07, 6.45) is 2.35. The zero-order chi connectivity index (χ0) is 14.0. The van der Waals surface area contributed by atoms with Gasteiger partial charge in [0.2, 0.25) is 0 Å². The number of nitrogens with one attached hydrogen (secondary N) is 1. The maximum atomic E-state index is 12.0. The van der Waals surface area contributed by atoms with E-state index in [1.165, 1.54) is 18.9 Å². The Morgan fingerprint density at radius 3 is 2.84 bits per heavy atom. The summed E-state index contributed by atoms with van der Waals surface area (Å²) in [6, 6.07) is 4.55. The first-order valence-corrected chi connectivity index (χ1v) is 7.08. The molecule has 6 heteroatoms. The number of hydrogen-bond acceptors (Lipinski definition) is 3. The predicted molar refractivity (Wildman–Crippen MR) is 75.6 cm³/mol. The van der Waals surface area contributed by atoms with E-state index in [1.807, 2.05) is 0 Å². The molecule has 1 aliphatic carbocycles. The fraction of sp³-hybridized carbons (Fsp3) is 0.462. The van der Waals surface area contributed by atoms with Gasteiger partial charge in [-0.05, 0) is 37.3 Å². The van der Waals surface area contributed by atoms with Crippen LogP contribution < -0.4 is 5.32 Å². The van der Waals surface area contributed by atoms with Gasteiger partial charge in [0.25, 0.3) is 11.6 Å². The minimum atomic E-state index is -0.527. The lowest BCUT2D eigenvalue weighted by Gasteiger charge is -2.10. The molecule has 0 spiro atoms. The van der Waals surface area contributed by atoms with Crippen LogP contribution >= 0.6 is 15.9 Å². The second-order valence-corrected chi connectivity index (χ2v) is 6.02. The van der Waals surface area contributed by atoms with E-state index in [-0.39, 0.29) is 22.0 Å². The zero-order valence-corrected chi connectivity index (χ0v) is 12.1. The third-order valence-corrected chi connectivity index (χ3v) is 4.26. The summed E-state index contributed by atoms with van der Waals surface area (Å²) >= 11 is 3.52. The van der Waals surface area contributed by atoms with E-state index in [2.05, 4.69) is 21.2 Å². The molecular formula is C13H15BrN2O3. The maximum Gasteiger partial charge on any atom is 0.282 e. The van der Waals surface area contributed by atoms with Crippen molar-refractivity contribution in [1.82, 2.24) is 5.32 Å². The van der Waals surface area contributed by atoms with Crippen molar-refractivity contribution in [3.63, 3.8) is 0 Å². The summed E-state index contributed by atoms with van der Waals surface area (Å²) in [5, 5.41) is 13.7. The summed E-state index contributed by atoms with van der Waals surface area (Å²) < 4.78 is 0. The number of rotatable bonds is 5. The van der Waals surface area contributed by atoms with Crippen molar-refractivity contribution in [2.24, 2.45) is 5.92 Å². The summed E-state index contributed by atoms with van der Waals surface area (Å²) in [7, 11) is 0. The summed E-state index contributed by atoms with van der Waals surface area (Å²) in [6.45, 7) is 2.30. The molecule has 1 saturated carbocycles. The Hall–Kier alpha value is -1.43. The fourth-order valence-electron chi connectivity index (χ4n) is 1.90. The topological polar surface area (TPSA) is 72.2 Å². The fourth-order valence-corrected chi connectivity index (χ4v) is 2.59. The molecule has 0 aromatic heterocycles. The number of nitrogens with zero attached hydrogens (tertiary/aromatic N) is 1. The molecule has 0 radical (unpaired) electrons. The number of nitro benzene ring substituents is 1. The number of alkyl halides is 1. The van der Waals surface area contributed by atoms with Gasteiger partial charge in [0.15, 0.2) is 0 Å². The minimum absolute atomic E-state index is 0.125. The van der Waals surface area contributed by atoms with E-state index in [1.54, 1.807) is 19.1 Å². The van der Waals surface area contributed by atoms with Crippen LogP contribution in [0.4, 0.5) is 5.69 Å². The lowest BCUT2D eigenvalue weighted by molar-refractivity contribution is -0.385. The van der Waals surface area contributed by atoms with Crippen molar-refractivity contribution in [3.05, 3.63) is 39.4 Å². The average molecular weight is 327 g/mol. The molecule has 5 nitrogen and oxygen atoms in total. The Labute approximate surface area is 119 Å². The summed E-state index contributed by atoms with van der Waals surface area (Å²) in [5.74, 6) is 0.230. The van der Waals surface area contributed by atoms with Gasteiger partial charge in [0.05, 0.1) is 4.92 Å². The van der Waals surface area contributed by atoms with Crippen molar-refractivity contribution < 1.29 is 9.72 Å². The Morgan fingerprint density at radius 1 is 1.58 bits per heavy atom. The van der Waals surface area contributed by atoms with Crippen LogP contribution in [-0.2, 0) is 0 Å². The average Bonchev–Trinajstić information content (AvgIpc) is 3.19. The molecule has 0 aliphatic heterocycles. The minimum Gasteiger partial charge on any atom is -0.351 e. The molecule has 1 aromatic rings. The van der Waals surface area contributed by atoms with Crippen LogP contribution in [0, 0.1) is 23.0 Å². The van der Waals surface area contributed by atoms with Crippen molar-refractivity contribution in [1.29, 1.82) is 0 Å². The monoisotopic (exact) mass is 326 g/mol. The lowest BCUT2D eigenvalue weighted by Crippen LogP contribution is -2.30. The number of aryl methyl sites for hydroxylation is 1. The van der Waals surface area contributed by atoms with Crippen LogP contribution in [-0.4, -0.2) is 22.2 Å². The van der Waals surface area contributed by atoms with Crippen LogP contribution in [0.5, 0.6) is 0 Å². The number of benzene rings is 1. The first kappa shape index (κ1) is 14.0. The van der Waals surface area contributed by atoms with Crippen molar-refractivity contribution >= 4 is 27.5 Å². The number of nitro groups is 1. The molecule has 1 aliphatic rings. The van der Waals surface area contributed by atoms with Crippen LogP contribution in [0.15, 0.2) is 18.2 Å². The number of amides is 1. The van der Waals surface area contributed by atoms with Crippen molar-refractivity contribution in [2.45, 2.75) is 24.6 Å². The molecule has 19 heavy (non-hydrogen) atoms. The predicted octanol–water partition coefficient (Wildman–Crippen LogP) is 2.81. The highest BCUT2D eigenvalue weighted by atomic mass is 79.9. The highest BCUT2D eigenvalue weighted by Gasteiger charge is 2.30. The molecule has 1 N–H and O–H groups in total. The van der Waals surface area contributed by atoms with E-state index in [9.17, 15) is 14.9 Å². The smallest absolute Gasteiger partial charge is 0.282 e. The molecule has 1 unspecified atom stereocenters. The molecule has 2 rings (SSSR count). The van der Waals surface area contributed by atoms with Gasteiger partial charge < -0.3 is 5.32 Å². The number of carbonyl (C=O) groups excluding carboxylic acids is 1. The van der Waals surface area contributed by atoms with E-state index in [0.29, 0.717) is 12.5 Å². The second kappa shape index (κ2) is 5.69. The van der Waals surface area contributed by atoms with E-state index < -0.39 is 4.92 Å². The second-order valence-electron chi connectivity index (χ2n) is 4.84. The third-order valence-electron chi connectivity index (χ3n) is 3.18. The lowest BCUT2D eigenvalue weighted by atomic mass is 10.1. The summed E-state index contributed by atoms with van der Waals surface area (Å²) in [5.41, 5.74) is 0.800. The van der Waals surface area contributed by atoms with Crippen LogP contribution in [0.3, 0.4) is 0 Å². The first-order valence-electron chi connectivity index (χ1n) is 6.16. The molecule has 0 heterocycles. The van der Waals surface area contributed by atoms with Gasteiger partial charge in [-0.1, -0.05) is 22.0 Å². The Morgan fingerprint density at radius 2 is 2.26 bits per heavy atom. The van der Waals surface area contributed by atoms with Gasteiger partial charge in [-0.25, -0.2) is 0 Å². The number of hydrogen-bond donors (Lipinski definition) is 1. The van der Waals surface area contributed by atoms with Crippen molar-refractivity contribution in [3.8, 4) is 0 Å². The molecule has 0 bridgehead atoms. The highest BCUT2D eigenvalue weighted by molar-refractivity contribution is 9.09. The maximum absolute atomic E-state index is 12.0. The molecule has 1 fully saturated rings. The van der Waals surface area contributed by atoms with Crippen LogP contribution in [0.2, 0.25) is 0 Å². The first-order chi connectivity index (χ1) is 8.99. The largest absolute Gasteiger partial charge is 0.351 e. The molecule has 102 valence electrons. The van der Waals surface area contributed by atoms with E-state index in [0.717, 1.165) is 5.56 Å². The zero-order valence-electron chi connectivity index (χ0n) is 10.6. The van der Waals surface area contributed by atoms with Gasteiger partial charge in [-0.3, -0.25) is 14.9 Å². The normalized spacial score (nSPS) is 15.9. The van der Waals surface area contributed by atoms with E-state index >= 15 is 0 Å². The molecule has 0 saturated heterocycles. The Kier molecular flexibility index (Phi) is 4.19. The molecule has 1 amide bonds. The standard InChI is InChI=1S/C13H15BrN2O3/c1-8-2-5-12(16(18)19)10(6-8)13(17)15-7-11(14)9-3-4-9/h2,5-6,9,11H,3-4,7H2,1H3,(H,15,17). The van der Waals surface area contributed by atoms with Gasteiger partial charge in [-0.15, -0.1) is 0 Å². The summed E-state index contributed by atoms with van der Waals surface area (Å²) in [4.78, 5) is 22.7. The van der Waals surface area contributed by atoms with Crippen LogP contribution in [0.25, 0.3) is 0 Å². The van der Waals surface area contributed by atoms with E-state index in [4.69, 9.17) is 0 Å². The Balaban J connectivity index is 2.08. The van der Waals surface area contributed by atoms with Crippen molar-refractivity contribution in [2.75, 3.05) is 6.54 Å². The van der Waals surface area contributed by atoms with Gasteiger partial charge in [-0.2, -0.15) is 0 Å². The third kappa shape index (κ3) is 3.53. The quantitative estimate of drug-likeness (QED) is 0.513. The SMILES string of the molecule is Cc1ccc([N+](=O)[O-])c(C(=O)NCC(Br)C2CC2)c1. The molecule has 1 atom stereocenters. The van der Waals surface area contributed by atoms with Gasteiger partial charge in [0, 0.05) is 17.4 Å². The number of halogens is 1. The highest BCUT2D eigenvalue weighted by Crippen LogP contribution is 2.36. The van der Waals surface area contributed by atoms with Crippen LogP contribution in [0.1, 0.15) is 28.8 Å². The van der Waals surface area contributed by atoms with Gasteiger partial charge in [0.1, 0.15) is 5.56 Å². The number of carbonyl (C=O) groups is 1. The Bertz CT molecular complexity index is 515. The molecule has 1 aromatic carbocycles. The molecular weight excluding hydrogens is 312 g/mol. The van der Waals surface area contributed by atoms with Gasteiger partial charge >= 0.3 is 0 Å².